The largest absolute Gasteiger partial charge is 0.468 e. The second kappa shape index (κ2) is 6.71. The fourth-order valence-corrected chi connectivity index (χ4v) is 6.22. The number of carbonyl (C=O) groups is 2. The van der Waals surface area contributed by atoms with E-state index in [-0.39, 0.29) is 22.7 Å². The number of hydrogen-bond acceptors (Lipinski definition) is 4. The zero-order valence-electron chi connectivity index (χ0n) is 14.6. The first-order chi connectivity index (χ1) is 12.0. The predicted molar refractivity (Wildman–Crippen MR) is 97.0 cm³/mol. The smallest absolute Gasteiger partial charge is 0.321 e. The zero-order chi connectivity index (χ0) is 17.4. The molecule has 0 aromatic carbocycles. The third-order valence-corrected chi connectivity index (χ3v) is 7.24. The van der Waals surface area contributed by atoms with Gasteiger partial charge in [0.05, 0.1) is 17.3 Å². The third kappa shape index (κ3) is 3.73. The molecule has 4 saturated carbocycles. The van der Waals surface area contributed by atoms with E-state index in [9.17, 15) is 9.59 Å². The molecule has 4 aliphatic carbocycles. The molecule has 2 N–H and O–H groups in total. The van der Waals surface area contributed by atoms with E-state index in [1.54, 1.807) is 6.26 Å². The number of carbonyl (C=O) groups excluding carboxylic acids is 2. The van der Waals surface area contributed by atoms with Gasteiger partial charge in [-0.3, -0.25) is 10.1 Å². The summed E-state index contributed by atoms with van der Waals surface area (Å²) in [6.07, 6.45) is 8.89. The summed E-state index contributed by atoms with van der Waals surface area (Å²) in [4.78, 5) is 24.7. The van der Waals surface area contributed by atoms with Gasteiger partial charge in [-0.15, -0.1) is 11.8 Å². The lowest BCUT2D eigenvalue weighted by Gasteiger charge is -2.56. The Labute approximate surface area is 152 Å². The fourth-order valence-electron chi connectivity index (χ4n) is 5.43. The van der Waals surface area contributed by atoms with Gasteiger partial charge >= 0.3 is 6.03 Å². The van der Waals surface area contributed by atoms with E-state index in [0.29, 0.717) is 5.75 Å². The summed E-state index contributed by atoms with van der Waals surface area (Å²) >= 11 is 1.47. The Kier molecular flexibility index (Phi) is 4.56. The van der Waals surface area contributed by atoms with Crippen LogP contribution in [0.15, 0.2) is 22.8 Å². The lowest BCUT2D eigenvalue weighted by atomic mass is 9.53. The summed E-state index contributed by atoms with van der Waals surface area (Å²) in [6.45, 7) is 1.82. The highest BCUT2D eigenvalue weighted by Crippen LogP contribution is 2.55. The quantitative estimate of drug-likeness (QED) is 0.838. The van der Waals surface area contributed by atoms with Crippen molar-refractivity contribution in [1.29, 1.82) is 0 Å². The van der Waals surface area contributed by atoms with Crippen molar-refractivity contribution in [2.24, 2.45) is 17.8 Å². The third-order valence-electron chi connectivity index (χ3n) is 6.08. The van der Waals surface area contributed by atoms with Gasteiger partial charge in [0, 0.05) is 5.54 Å². The van der Waals surface area contributed by atoms with Crippen LogP contribution in [0.5, 0.6) is 0 Å². The molecule has 4 bridgehead atoms. The number of nitrogens with one attached hydrogen (secondary N) is 2. The van der Waals surface area contributed by atoms with Crippen molar-refractivity contribution in [3.05, 3.63) is 24.2 Å². The normalized spacial score (nSPS) is 33.9. The molecule has 0 unspecified atom stereocenters. The first-order valence-corrected chi connectivity index (χ1v) is 10.3. The second-order valence-corrected chi connectivity index (χ2v) is 9.50. The highest BCUT2D eigenvalue weighted by molar-refractivity contribution is 7.99. The van der Waals surface area contributed by atoms with Gasteiger partial charge in [0.15, 0.2) is 0 Å². The number of imide groups is 1. The maximum Gasteiger partial charge on any atom is 0.321 e. The molecule has 3 amide bonds. The lowest BCUT2D eigenvalue weighted by Crippen LogP contribution is -2.62. The summed E-state index contributed by atoms with van der Waals surface area (Å²) in [5.41, 5.74) is -0.0658. The van der Waals surface area contributed by atoms with Crippen LogP contribution in [0.25, 0.3) is 0 Å². The topological polar surface area (TPSA) is 71.3 Å². The maximum absolute atomic E-state index is 12.4. The number of furan rings is 1. The van der Waals surface area contributed by atoms with Crippen LogP contribution in [0, 0.1) is 17.8 Å². The van der Waals surface area contributed by atoms with Gasteiger partial charge in [-0.2, -0.15) is 0 Å². The molecule has 0 aliphatic heterocycles. The molecule has 0 radical (unpaired) electrons. The minimum Gasteiger partial charge on any atom is -0.468 e. The molecule has 4 fully saturated rings. The van der Waals surface area contributed by atoms with Crippen LogP contribution in [0.4, 0.5) is 4.79 Å². The molecule has 4 aliphatic rings. The van der Waals surface area contributed by atoms with Crippen molar-refractivity contribution < 1.29 is 14.0 Å². The molecule has 0 spiro atoms. The fraction of sp³-hybridized carbons (Fsp3) is 0.684. The highest BCUT2D eigenvalue weighted by Gasteiger charge is 2.51. The molecule has 136 valence electrons. The standard InChI is InChI=1S/C19H26N2O3S/c1-12(25-11-16-3-2-4-24-16)17(22)20-18(23)21-19-8-13-5-14(9-19)7-15(6-13)10-19/h2-4,12-15H,5-11H2,1H3,(H2,20,21,22,23)/t12-,13?,14?,15?,19?/m0/s1. The predicted octanol–water partition coefficient (Wildman–Crippen LogP) is 3.70. The Morgan fingerprint density at radius 2 is 1.88 bits per heavy atom. The van der Waals surface area contributed by atoms with Crippen molar-refractivity contribution in [1.82, 2.24) is 10.6 Å². The molecule has 5 rings (SSSR count). The Morgan fingerprint density at radius 1 is 1.24 bits per heavy atom. The van der Waals surface area contributed by atoms with Crippen LogP contribution in [0.3, 0.4) is 0 Å². The van der Waals surface area contributed by atoms with Crippen molar-refractivity contribution in [3.8, 4) is 0 Å². The first kappa shape index (κ1) is 17.0. The highest BCUT2D eigenvalue weighted by atomic mass is 32.2. The molecule has 1 aromatic heterocycles. The lowest BCUT2D eigenvalue weighted by molar-refractivity contribution is -0.119. The molecule has 1 aromatic rings. The first-order valence-electron chi connectivity index (χ1n) is 9.28. The minimum absolute atomic E-state index is 0.0658. The number of rotatable bonds is 5. The van der Waals surface area contributed by atoms with Crippen molar-refractivity contribution >= 4 is 23.7 Å². The van der Waals surface area contributed by atoms with Crippen LogP contribution in [-0.4, -0.2) is 22.7 Å². The molecule has 25 heavy (non-hydrogen) atoms. The van der Waals surface area contributed by atoms with Crippen LogP contribution >= 0.6 is 11.8 Å². The van der Waals surface area contributed by atoms with E-state index in [4.69, 9.17) is 4.42 Å². The summed E-state index contributed by atoms with van der Waals surface area (Å²) in [6, 6.07) is 3.40. The van der Waals surface area contributed by atoms with E-state index in [2.05, 4.69) is 10.6 Å². The molecule has 5 nitrogen and oxygen atoms in total. The summed E-state index contributed by atoms with van der Waals surface area (Å²) < 4.78 is 5.27. The average Bonchev–Trinajstić information content (AvgIpc) is 3.03. The van der Waals surface area contributed by atoms with E-state index in [1.165, 1.54) is 31.0 Å². The number of urea groups is 1. The Bertz CT molecular complexity index is 608. The van der Waals surface area contributed by atoms with E-state index in [1.807, 2.05) is 19.1 Å². The minimum atomic E-state index is -0.322. The van der Waals surface area contributed by atoms with Gasteiger partial charge in [-0.25, -0.2) is 4.79 Å². The van der Waals surface area contributed by atoms with Crippen molar-refractivity contribution in [2.45, 2.75) is 62.0 Å². The summed E-state index contributed by atoms with van der Waals surface area (Å²) in [5.74, 6) is 3.53. The van der Waals surface area contributed by atoms with E-state index >= 15 is 0 Å². The molecular weight excluding hydrogens is 336 g/mol. The Balaban J connectivity index is 1.27. The van der Waals surface area contributed by atoms with Crippen LogP contribution < -0.4 is 10.6 Å². The monoisotopic (exact) mass is 362 g/mol. The number of hydrogen-bond donors (Lipinski definition) is 2. The molecule has 6 heteroatoms. The van der Waals surface area contributed by atoms with Crippen molar-refractivity contribution in [3.63, 3.8) is 0 Å². The molecule has 1 atom stereocenters. The van der Waals surface area contributed by atoms with Crippen LogP contribution in [0.1, 0.15) is 51.2 Å². The van der Waals surface area contributed by atoms with Gasteiger partial charge in [0.25, 0.3) is 0 Å². The number of amides is 3. The van der Waals surface area contributed by atoms with Crippen LogP contribution in [0.2, 0.25) is 0 Å². The van der Waals surface area contributed by atoms with Crippen molar-refractivity contribution in [2.75, 3.05) is 0 Å². The van der Waals surface area contributed by atoms with Gasteiger partial charge in [0.1, 0.15) is 5.76 Å². The summed E-state index contributed by atoms with van der Waals surface area (Å²) in [5, 5.41) is 5.43. The molecular formula is C19H26N2O3S. The molecule has 0 saturated heterocycles. The van der Waals surface area contributed by atoms with Gasteiger partial charge < -0.3 is 9.73 Å². The second-order valence-electron chi connectivity index (χ2n) is 8.17. The molecule has 1 heterocycles. The maximum atomic E-state index is 12.4. The zero-order valence-corrected chi connectivity index (χ0v) is 15.4. The summed E-state index contributed by atoms with van der Waals surface area (Å²) in [7, 11) is 0. The Hall–Kier alpha value is -1.43. The Morgan fingerprint density at radius 3 is 2.44 bits per heavy atom. The SMILES string of the molecule is C[C@H](SCc1ccco1)C(=O)NC(=O)NC12CC3CC(CC(C3)C1)C2. The van der Waals surface area contributed by atoms with Gasteiger partial charge in [-0.05, 0) is 75.3 Å². The average molecular weight is 362 g/mol. The van der Waals surface area contributed by atoms with Crippen LogP contribution in [-0.2, 0) is 10.5 Å². The van der Waals surface area contributed by atoms with Gasteiger partial charge in [0.2, 0.25) is 5.91 Å². The number of thioether (sulfide) groups is 1. The van der Waals surface area contributed by atoms with E-state index in [0.717, 1.165) is 42.8 Å². The van der Waals surface area contributed by atoms with E-state index < -0.39 is 0 Å². The van der Waals surface area contributed by atoms with Gasteiger partial charge in [-0.1, -0.05) is 0 Å².